The second kappa shape index (κ2) is 5.05. The van der Waals surface area contributed by atoms with E-state index in [9.17, 15) is 9.18 Å². The van der Waals surface area contributed by atoms with Gasteiger partial charge in [0.2, 0.25) is 0 Å². The van der Waals surface area contributed by atoms with E-state index < -0.39 is 0 Å². The quantitative estimate of drug-likeness (QED) is 0.779. The summed E-state index contributed by atoms with van der Waals surface area (Å²) in [6.45, 7) is 2.04. The van der Waals surface area contributed by atoms with Crippen LogP contribution in [0.2, 0.25) is 0 Å². The minimum absolute atomic E-state index is 0.141. The number of H-pyrrole nitrogens is 1. The lowest BCUT2D eigenvalue weighted by Crippen LogP contribution is -2.13. The highest BCUT2D eigenvalue weighted by Gasteiger charge is 2.06. The molecule has 0 saturated carbocycles. The van der Waals surface area contributed by atoms with E-state index in [4.69, 9.17) is 0 Å². The van der Waals surface area contributed by atoms with Crippen molar-refractivity contribution >= 4 is 27.2 Å². The van der Waals surface area contributed by atoms with Gasteiger partial charge in [0.25, 0.3) is 5.56 Å². The van der Waals surface area contributed by atoms with Gasteiger partial charge in [0.05, 0.1) is 12.1 Å². The summed E-state index contributed by atoms with van der Waals surface area (Å²) in [5.41, 5.74) is 1.79. The van der Waals surface area contributed by atoms with Crippen molar-refractivity contribution in [2.24, 2.45) is 0 Å². The zero-order valence-electron chi connectivity index (χ0n) is 10.7. The molecule has 0 unspecified atom stereocenters. The molecule has 0 fully saturated rings. The normalized spacial score (nSPS) is 10.9. The molecule has 1 aromatic carbocycles. The van der Waals surface area contributed by atoms with Crippen LogP contribution in [0, 0.1) is 12.7 Å². The van der Waals surface area contributed by atoms with Crippen LogP contribution in [0.15, 0.2) is 34.4 Å². The highest BCUT2D eigenvalue weighted by atomic mass is 32.1. The number of anilines is 1. The van der Waals surface area contributed by atoms with Gasteiger partial charge >= 0.3 is 0 Å². The van der Waals surface area contributed by atoms with Crippen LogP contribution in [-0.2, 0) is 6.54 Å². The molecule has 0 radical (unpaired) electrons. The Labute approximate surface area is 118 Å². The van der Waals surface area contributed by atoms with Crippen LogP contribution in [-0.4, -0.2) is 9.97 Å². The first-order valence-electron chi connectivity index (χ1n) is 6.10. The second-order valence-electron chi connectivity index (χ2n) is 4.41. The Balaban J connectivity index is 1.86. The van der Waals surface area contributed by atoms with E-state index in [0.29, 0.717) is 33.8 Å². The van der Waals surface area contributed by atoms with E-state index in [-0.39, 0.29) is 11.4 Å². The lowest BCUT2D eigenvalue weighted by molar-refractivity contribution is 0.619. The number of halogens is 1. The third-order valence-corrected chi connectivity index (χ3v) is 3.98. The first kappa shape index (κ1) is 12.8. The molecule has 0 amide bonds. The number of hydrogen-bond acceptors (Lipinski definition) is 4. The molecule has 0 saturated heterocycles. The highest BCUT2D eigenvalue weighted by Crippen LogP contribution is 2.18. The number of aromatic nitrogens is 2. The number of hydrogen-bond donors (Lipinski definition) is 2. The van der Waals surface area contributed by atoms with Gasteiger partial charge < -0.3 is 10.3 Å². The molecular formula is C14H12FN3OS. The number of nitrogens with one attached hydrogen (secondary N) is 2. The molecule has 0 aliphatic carbocycles. The zero-order valence-corrected chi connectivity index (χ0v) is 11.6. The molecule has 20 heavy (non-hydrogen) atoms. The zero-order chi connectivity index (χ0) is 14.1. The predicted octanol–water partition coefficient (Wildman–Crippen LogP) is 3.04. The van der Waals surface area contributed by atoms with E-state index in [1.54, 1.807) is 19.1 Å². The summed E-state index contributed by atoms with van der Waals surface area (Å²) in [6.07, 6.45) is 0. The fourth-order valence-corrected chi connectivity index (χ4v) is 2.71. The summed E-state index contributed by atoms with van der Waals surface area (Å²) >= 11 is 1.37. The molecule has 2 aromatic heterocycles. The van der Waals surface area contributed by atoms with E-state index >= 15 is 0 Å². The van der Waals surface area contributed by atoms with Crippen molar-refractivity contribution in [3.63, 3.8) is 0 Å². The van der Waals surface area contributed by atoms with Gasteiger partial charge in [0, 0.05) is 11.3 Å². The first-order chi connectivity index (χ1) is 9.65. The van der Waals surface area contributed by atoms with Crippen LogP contribution in [0.3, 0.4) is 0 Å². The molecule has 0 aliphatic rings. The molecule has 2 N–H and O–H groups in total. The lowest BCUT2D eigenvalue weighted by atomic mass is 10.2. The second-order valence-corrected chi connectivity index (χ2v) is 5.33. The molecule has 2 heterocycles. The Kier molecular flexibility index (Phi) is 3.23. The minimum atomic E-state index is -0.260. The van der Waals surface area contributed by atoms with Crippen LogP contribution in [0.4, 0.5) is 10.1 Å². The molecular weight excluding hydrogens is 277 g/mol. The summed E-state index contributed by atoms with van der Waals surface area (Å²) < 4.78 is 14.0. The van der Waals surface area contributed by atoms with Crippen molar-refractivity contribution in [3.05, 3.63) is 57.2 Å². The van der Waals surface area contributed by atoms with Gasteiger partial charge in [-0.2, -0.15) is 0 Å². The van der Waals surface area contributed by atoms with Crippen molar-refractivity contribution in [1.82, 2.24) is 9.97 Å². The van der Waals surface area contributed by atoms with Crippen molar-refractivity contribution in [2.45, 2.75) is 13.5 Å². The maximum atomic E-state index is 13.4. The maximum absolute atomic E-state index is 13.4. The van der Waals surface area contributed by atoms with E-state index in [0.717, 1.165) is 0 Å². The third kappa shape index (κ3) is 2.30. The molecule has 3 rings (SSSR count). The number of thiophene rings is 1. The average Bonchev–Trinajstić information content (AvgIpc) is 2.89. The van der Waals surface area contributed by atoms with E-state index in [2.05, 4.69) is 15.3 Å². The highest BCUT2D eigenvalue weighted by molar-refractivity contribution is 7.17. The largest absolute Gasteiger partial charge is 0.378 e. The smallest absolute Gasteiger partial charge is 0.268 e. The summed E-state index contributed by atoms with van der Waals surface area (Å²) in [6, 6.07) is 6.66. The Hall–Kier alpha value is -2.21. The summed E-state index contributed by atoms with van der Waals surface area (Å²) in [7, 11) is 0. The van der Waals surface area contributed by atoms with Gasteiger partial charge in [-0.05, 0) is 30.5 Å². The Morgan fingerprint density at radius 1 is 1.40 bits per heavy atom. The van der Waals surface area contributed by atoms with Gasteiger partial charge in [-0.25, -0.2) is 9.37 Å². The molecule has 0 spiro atoms. The molecule has 6 heteroatoms. The summed E-state index contributed by atoms with van der Waals surface area (Å²) in [5.74, 6) is 0.273. The third-order valence-electron chi connectivity index (χ3n) is 3.08. The number of nitrogens with zero attached hydrogens (tertiary/aromatic N) is 1. The number of benzene rings is 1. The Morgan fingerprint density at radius 3 is 3.10 bits per heavy atom. The van der Waals surface area contributed by atoms with Gasteiger partial charge in [0.15, 0.2) is 0 Å². The standard InChI is InChI=1S/C14H12FN3OS/c1-8-9(15)3-2-4-10(8)16-7-12-17-11-5-6-20-13(11)14(19)18-12/h2-6,16H,7H2,1H3,(H,17,18,19). The molecule has 4 nitrogen and oxygen atoms in total. The molecule has 3 aromatic rings. The van der Waals surface area contributed by atoms with Gasteiger partial charge in [0.1, 0.15) is 16.3 Å². The monoisotopic (exact) mass is 289 g/mol. The van der Waals surface area contributed by atoms with Crippen LogP contribution >= 0.6 is 11.3 Å². The topological polar surface area (TPSA) is 57.8 Å². The van der Waals surface area contributed by atoms with Crippen LogP contribution in [0.25, 0.3) is 10.2 Å². The molecule has 0 aliphatic heterocycles. The van der Waals surface area contributed by atoms with Gasteiger partial charge in [-0.1, -0.05) is 6.07 Å². The summed E-state index contributed by atoms with van der Waals surface area (Å²) in [4.78, 5) is 18.9. The van der Waals surface area contributed by atoms with E-state index in [1.165, 1.54) is 17.4 Å². The molecule has 0 bridgehead atoms. The number of fused-ring (bicyclic) bond motifs is 1. The number of rotatable bonds is 3. The average molecular weight is 289 g/mol. The lowest BCUT2D eigenvalue weighted by Gasteiger charge is -2.09. The maximum Gasteiger partial charge on any atom is 0.268 e. The predicted molar refractivity (Wildman–Crippen MR) is 78.7 cm³/mol. The van der Waals surface area contributed by atoms with Crippen molar-refractivity contribution in [3.8, 4) is 0 Å². The van der Waals surface area contributed by atoms with Crippen molar-refractivity contribution < 1.29 is 4.39 Å². The SMILES string of the molecule is Cc1c(F)cccc1NCc1nc2ccsc2c(=O)[nH]1. The fourth-order valence-electron chi connectivity index (χ4n) is 1.98. The van der Waals surface area contributed by atoms with Crippen molar-refractivity contribution in [1.29, 1.82) is 0 Å². The van der Waals surface area contributed by atoms with Gasteiger partial charge in [-0.3, -0.25) is 4.79 Å². The Morgan fingerprint density at radius 2 is 2.25 bits per heavy atom. The minimum Gasteiger partial charge on any atom is -0.378 e. The Bertz CT molecular complexity index is 825. The van der Waals surface area contributed by atoms with E-state index in [1.807, 2.05) is 11.4 Å². The summed E-state index contributed by atoms with van der Waals surface area (Å²) in [5, 5.41) is 4.92. The van der Waals surface area contributed by atoms with Crippen LogP contribution in [0.1, 0.15) is 11.4 Å². The molecule has 102 valence electrons. The fraction of sp³-hybridized carbons (Fsp3) is 0.143. The van der Waals surface area contributed by atoms with Crippen LogP contribution < -0.4 is 10.9 Å². The van der Waals surface area contributed by atoms with Crippen LogP contribution in [0.5, 0.6) is 0 Å². The van der Waals surface area contributed by atoms with Crippen molar-refractivity contribution in [2.75, 3.05) is 5.32 Å². The number of aromatic amines is 1. The molecule has 0 atom stereocenters. The first-order valence-corrected chi connectivity index (χ1v) is 6.98. The van der Waals surface area contributed by atoms with Gasteiger partial charge in [-0.15, -0.1) is 11.3 Å².